The summed E-state index contributed by atoms with van der Waals surface area (Å²) in [5.41, 5.74) is 3.61. The lowest BCUT2D eigenvalue weighted by atomic mass is 10.2. The zero-order valence-corrected chi connectivity index (χ0v) is 15.1. The first-order valence-corrected chi connectivity index (χ1v) is 8.59. The molecule has 0 bridgehead atoms. The molecular weight excluding hydrogens is 308 g/mol. The van der Waals surface area contributed by atoms with Crippen LogP contribution in [0.15, 0.2) is 66.9 Å². The minimum Gasteiger partial charge on any atom is -0.355 e. The van der Waals surface area contributed by atoms with Gasteiger partial charge in [-0.3, -0.25) is 0 Å². The van der Waals surface area contributed by atoms with E-state index < -0.39 is 0 Å². The van der Waals surface area contributed by atoms with Crippen molar-refractivity contribution in [2.45, 2.75) is 20.4 Å². The number of nitrogens with zero attached hydrogens (tertiary/aromatic N) is 4. The van der Waals surface area contributed by atoms with Crippen molar-refractivity contribution < 1.29 is 0 Å². The lowest BCUT2D eigenvalue weighted by Crippen LogP contribution is -2.22. The van der Waals surface area contributed by atoms with Gasteiger partial charge >= 0.3 is 0 Å². The summed E-state index contributed by atoms with van der Waals surface area (Å²) in [6, 6.07) is 20.8. The Labute approximate surface area is 149 Å². The van der Waals surface area contributed by atoms with E-state index in [4.69, 9.17) is 4.98 Å². The second kappa shape index (κ2) is 7.79. The van der Waals surface area contributed by atoms with Gasteiger partial charge in [0.2, 0.25) is 5.95 Å². The molecule has 0 amide bonds. The maximum absolute atomic E-state index is 4.79. The van der Waals surface area contributed by atoms with E-state index >= 15 is 0 Å². The van der Waals surface area contributed by atoms with Crippen LogP contribution < -0.4 is 9.80 Å². The first-order valence-electron chi connectivity index (χ1n) is 8.59. The molecule has 0 unspecified atom stereocenters. The lowest BCUT2D eigenvalue weighted by Gasteiger charge is -2.24. The summed E-state index contributed by atoms with van der Waals surface area (Å²) in [7, 11) is 2.06. The van der Waals surface area contributed by atoms with Gasteiger partial charge in [-0.25, -0.2) is 4.98 Å². The van der Waals surface area contributed by atoms with Crippen molar-refractivity contribution >= 4 is 17.5 Å². The van der Waals surface area contributed by atoms with Crippen LogP contribution in [0.1, 0.15) is 18.1 Å². The number of hydrogen-bond acceptors (Lipinski definition) is 4. The maximum Gasteiger partial charge on any atom is 0.231 e. The molecule has 0 saturated heterocycles. The Morgan fingerprint density at radius 1 is 0.960 bits per heavy atom. The average Bonchev–Trinajstić information content (AvgIpc) is 2.63. The molecule has 0 fully saturated rings. The van der Waals surface area contributed by atoms with E-state index in [1.54, 1.807) is 0 Å². The molecule has 128 valence electrons. The molecule has 0 saturated carbocycles. The SMILES string of the molecule is CCN(c1cccc(C)c1)c1nccc(N(C)Cc2ccccc2)n1. The first kappa shape index (κ1) is 17.0. The molecule has 3 aromatic rings. The summed E-state index contributed by atoms with van der Waals surface area (Å²) in [6.07, 6.45) is 1.83. The highest BCUT2D eigenvalue weighted by atomic mass is 15.3. The smallest absolute Gasteiger partial charge is 0.231 e. The molecule has 0 aliphatic heterocycles. The van der Waals surface area contributed by atoms with Gasteiger partial charge < -0.3 is 9.80 Å². The minimum absolute atomic E-state index is 0.727. The predicted molar refractivity (Wildman–Crippen MR) is 104 cm³/mol. The number of anilines is 3. The molecule has 0 radical (unpaired) electrons. The predicted octanol–water partition coefficient (Wildman–Crippen LogP) is 4.58. The standard InChI is InChI=1S/C21H24N4/c1-4-25(19-12-8-9-17(2)15-19)21-22-14-13-20(23-21)24(3)16-18-10-6-5-7-11-18/h5-15H,4,16H2,1-3H3. The van der Waals surface area contributed by atoms with Gasteiger partial charge in [0.05, 0.1) is 0 Å². The number of aryl methyl sites for hydroxylation is 1. The summed E-state index contributed by atoms with van der Waals surface area (Å²) in [4.78, 5) is 13.6. The molecule has 1 heterocycles. The molecule has 0 aliphatic carbocycles. The summed E-state index contributed by atoms with van der Waals surface area (Å²) < 4.78 is 0. The van der Waals surface area contributed by atoms with Crippen LogP contribution in [0.2, 0.25) is 0 Å². The highest BCUT2D eigenvalue weighted by Gasteiger charge is 2.12. The summed E-state index contributed by atoms with van der Waals surface area (Å²) in [6.45, 7) is 5.84. The average molecular weight is 332 g/mol. The zero-order chi connectivity index (χ0) is 17.6. The van der Waals surface area contributed by atoms with Crippen LogP contribution in [0.3, 0.4) is 0 Å². The van der Waals surface area contributed by atoms with Crippen molar-refractivity contribution in [3.8, 4) is 0 Å². The second-order valence-electron chi connectivity index (χ2n) is 6.14. The minimum atomic E-state index is 0.727. The van der Waals surface area contributed by atoms with Crippen molar-refractivity contribution in [3.63, 3.8) is 0 Å². The Kier molecular flexibility index (Phi) is 5.29. The molecule has 2 aromatic carbocycles. The third kappa shape index (κ3) is 4.15. The Hall–Kier alpha value is -2.88. The quantitative estimate of drug-likeness (QED) is 0.661. The van der Waals surface area contributed by atoms with Crippen LogP contribution in [0.25, 0.3) is 0 Å². The summed E-state index contributed by atoms with van der Waals surface area (Å²) >= 11 is 0. The van der Waals surface area contributed by atoms with Crippen molar-refractivity contribution in [2.24, 2.45) is 0 Å². The van der Waals surface area contributed by atoms with E-state index in [0.717, 1.165) is 30.5 Å². The molecule has 25 heavy (non-hydrogen) atoms. The van der Waals surface area contributed by atoms with Gasteiger partial charge in [0, 0.05) is 32.0 Å². The van der Waals surface area contributed by atoms with E-state index in [1.165, 1.54) is 11.1 Å². The Balaban J connectivity index is 1.84. The van der Waals surface area contributed by atoms with Gasteiger partial charge in [0.25, 0.3) is 0 Å². The topological polar surface area (TPSA) is 32.3 Å². The fraction of sp³-hybridized carbons (Fsp3) is 0.238. The highest BCUT2D eigenvalue weighted by molar-refractivity contribution is 5.59. The van der Waals surface area contributed by atoms with E-state index in [-0.39, 0.29) is 0 Å². The van der Waals surface area contributed by atoms with Crippen molar-refractivity contribution in [1.29, 1.82) is 0 Å². The third-order valence-corrected chi connectivity index (χ3v) is 4.15. The van der Waals surface area contributed by atoms with Crippen molar-refractivity contribution in [2.75, 3.05) is 23.4 Å². The van der Waals surface area contributed by atoms with Crippen LogP contribution in [0, 0.1) is 6.92 Å². The van der Waals surface area contributed by atoms with Crippen LogP contribution in [-0.4, -0.2) is 23.6 Å². The number of aromatic nitrogens is 2. The van der Waals surface area contributed by atoms with Gasteiger partial charge in [-0.1, -0.05) is 42.5 Å². The Bertz CT molecular complexity index is 817. The van der Waals surface area contributed by atoms with Crippen molar-refractivity contribution in [3.05, 3.63) is 78.0 Å². The number of rotatable bonds is 6. The molecule has 0 aliphatic rings. The molecular formula is C21H24N4. The second-order valence-corrected chi connectivity index (χ2v) is 6.14. The van der Waals surface area contributed by atoms with Crippen molar-refractivity contribution in [1.82, 2.24) is 9.97 Å². The fourth-order valence-electron chi connectivity index (χ4n) is 2.86. The Morgan fingerprint density at radius 2 is 1.76 bits per heavy atom. The lowest BCUT2D eigenvalue weighted by molar-refractivity contribution is 0.874. The normalized spacial score (nSPS) is 10.5. The van der Waals surface area contributed by atoms with Gasteiger partial charge in [0.15, 0.2) is 0 Å². The number of hydrogen-bond donors (Lipinski definition) is 0. The molecule has 4 heteroatoms. The molecule has 1 aromatic heterocycles. The highest BCUT2D eigenvalue weighted by Crippen LogP contribution is 2.24. The van der Waals surface area contributed by atoms with E-state index in [0.29, 0.717) is 0 Å². The zero-order valence-electron chi connectivity index (χ0n) is 15.1. The van der Waals surface area contributed by atoms with Gasteiger partial charge in [-0.05, 0) is 43.2 Å². The van der Waals surface area contributed by atoms with Crippen LogP contribution >= 0.6 is 0 Å². The van der Waals surface area contributed by atoms with Gasteiger partial charge in [-0.15, -0.1) is 0 Å². The Morgan fingerprint density at radius 3 is 2.48 bits per heavy atom. The monoisotopic (exact) mass is 332 g/mol. The molecule has 0 spiro atoms. The van der Waals surface area contributed by atoms with E-state index in [1.807, 2.05) is 18.3 Å². The van der Waals surface area contributed by atoms with E-state index in [2.05, 4.69) is 84.2 Å². The van der Waals surface area contributed by atoms with Crippen LogP contribution in [0.5, 0.6) is 0 Å². The molecule has 0 N–H and O–H groups in total. The molecule has 3 rings (SSSR count). The first-order chi connectivity index (χ1) is 12.2. The van der Waals surface area contributed by atoms with Crippen LogP contribution in [-0.2, 0) is 6.54 Å². The summed E-state index contributed by atoms with van der Waals surface area (Å²) in [5, 5.41) is 0. The van der Waals surface area contributed by atoms with Gasteiger partial charge in [-0.2, -0.15) is 4.98 Å². The largest absolute Gasteiger partial charge is 0.355 e. The number of benzene rings is 2. The maximum atomic E-state index is 4.79. The molecule has 4 nitrogen and oxygen atoms in total. The van der Waals surface area contributed by atoms with Gasteiger partial charge in [0.1, 0.15) is 5.82 Å². The molecule has 0 atom stereocenters. The van der Waals surface area contributed by atoms with E-state index in [9.17, 15) is 0 Å². The fourth-order valence-corrected chi connectivity index (χ4v) is 2.86. The summed E-state index contributed by atoms with van der Waals surface area (Å²) in [5.74, 6) is 1.64. The van der Waals surface area contributed by atoms with Crippen LogP contribution in [0.4, 0.5) is 17.5 Å². The third-order valence-electron chi connectivity index (χ3n) is 4.15.